The molecule has 0 heterocycles. The summed E-state index contributed by atoms with van der Waals surface area (Å²) in [6.07, 6.45) is 16.1. The molecule has 10 rings (SSSR count). The predicted octanol–water partition coefficient (Wildman–Crippen LogP) is 16.2. The first-order chi connectivity index (χ1) is 30.7. The Labute approximate surface area is 366 Å². The molecule has 0 saturated carbocycles. The zero-order valence-electron chi connectivity index (χ0n) is 34.7. The van der Waals surface area contributed by atoms with Gasteiger partial charge in [-0.05, 0) is 124 Å². The Morgan fingerprint density at radius 1 is 0.355 bits per heavy atom. The number of para-hydroxylation sites is 2. The lowest BCUT2D eigenvalue weighted by molar-refractivity contribution is 0.787. The Balaban J connectivity index is 0.863. The van der Waals surface area contributed by atoms with Crippen LogP contribution in [0.25, 0.3) is 33.4 Å². The maximum atomic E-state index is 2.46. The molecular formula is C60H48N2. The van der Waals surface area contributed by atoms with E-state index in [9.17, 15) is 0 Å². The van der Waals surface area contributed by atoms with Crippen LogP contribution in [0.15, 0.2) is 255 Å². The minimum Gasteiger partial charge on any atom is -0.334 e. The first-order valence-corrected chi connectivity index (χ1v) is 21.7. The van der Waals surface area contributed by atoms with E-state index in [1.165, 1.54) is 61.5 Å². The molecule has 0 bridgehead atoms. The quantitative estimate of drug-likeness (QED) is 0.129. The van der Waals surface area contributed by atoms with Gasteiger partial charge in [0.05, 0.1) is 6.04 Å². The van der Waals surface area contributed by atoms with Crippen molar-refractivity contribution in [2.45, 2.75) is 24.8 Å². The second-order valence-electron chi connectivity index (χ2n) is 16.1. The molecule has 0 radical (unpaired) electrons. The number of hydrogen-bond acceptors (Lipinski definition) is 2. The van der Waals surface area contributed by atoms with E-state index in [-0.39, 0.29) is 6.04 Å². The van der Waals surface area contributed by atoms with E-state index >= 15 is 0 Å². The Kier molecular flexibility index (Phi) is 11.1. The third-order valence-electron chi connectivity index (χ3n) is 12.1. The Morgan fingerprint density at radius 2 is 0.823 bits per heavy atom. The Bertz CT molecular complexity index is 2860. The zero-order valence-corrected chi connectivity index (χ0v) is 34.7. The predicted molar refractivity (Wildman–Crippen MR) is 263 cm³/mol. The summed E-state index contributed by atoms with van der Waals surface area (Å²) >= 11 is 0. The topological polar surface area (TPSA) is 6.48 Å². The molecule has 0 fully saturated rings. The van der Waals surface area contributed by atoms with Gasteiger partial charge in [-0.2, -0.15) is 0 Å². The van der Waals surface area contributed by atoms with E-state index in [1.807, 2.05) is 0 Å². The van der Waals surface area contributed by atoms with Crippen LogP contribution < -0.4 is 9.80 Å². The van der Waals surface area contributed by atoms with Crippen molar-refractivity contribution in [3.05, 3.63) is 272 Å². The van der Waals surface area contributed by atoms with E-state index in [0.717, 1.165) is 29.9 Å². The molecule has 2 heteroatoms. The molecule has 2 aliphatic carbocycles. The first-order valence-electron chi connectivity index (χ1n) is 21.7. The highest BCUT2D eigenvalue weighted by molar-refractivity contribution is 5.82. The highest BCUT2D eigenvalue weighted by Crippen LogP contribution is 2.39. The third-order valence-corrected chi connectivity index (χ3v) is 12.1. The van der Waals surface area contributed by atoms with Gasteiger partial charge in [0, 0.05) is 34.4 Å². The number of rotatable bonds is 11. The van der Waals surface area contributed by atoms with Crippen LogP contribution in [0, 0.1) is 0 Å². The molecule has 0 spiro atoms. The van der Waals surface area contributed by atoms with Crippen molar-refractivity contribution in [1.29, 1.82) is 0 Å². The minimum absolute atomic E-state index is 0.201. The number of hydrogen-bond donors (Lipinski definition) is 0. The summed E-state index contributed by atoms with van der Waals surface area (Å²) < 4.78 is 0. The lowest BCUT2D eigenvalue weighted by Crippen LogP contribution is -2.30. The highest BCUT2D eigenvalue weighted by atomic mass is 15.2. The normalized spacial score (nSPS) is 15.7. The van der Waals surface area contributed by atoms with Crippen molar-refractivity contribution < 1.29 is 0 Å². The van der Waals surface area contributed by atoms with Crippen LogP contribution >= 0.6 is 0 Å². The van der Waals surface area contributed by atoms with Crippen LogP contribution in [0.4, 0.5) is 28.4 Å². The summed E-state index contributed by atoms with van der Waals surface area (Å²) in [7, 11) is 0. The summed E-state index contributed by atoms with van der Waals surface area (Å²) in [5.74, 6) is 0.298. The maximum absolute atomic E-state index is 2.46. The smallest absolute Gasteiger partial charge is 0.0560 e. The summed E-state index contributed by atoms with van der Waals surface area (Å²) in [5.41, 5.74) is 17.0. The summed E-state index contributed by atoms with van der Waals surface area (Å²) in [6, 6.07) is 78.8. The van der Waals surface area contributed by atoms with Gasteiger partial charge in [-0.15, -0.1) is 0 Å². The van der Waals surface area contributed by atoms with E-state index in [1.54, 1.807) is 0 Å². The SMILES string of the molecule is C1=CC(c2ccc(N(c3ccccc3)c3ccc(-c4ccccc4)cc3)cc2)=CC(c2cccc(C3=CCC(N(c4ccccc4)c4ccc(-c5ccccc5)cc4)C=C3)c2)C1. The third kappa shape index (κ3) is 8.37. The second kappa shape index (κ2) is 17.9. The van der Waals surface area contributed by atoms with Crippen LogP contribution in [0.1, 0.15) is 35.4 Å². The van der Waals surface area contributed by atoms with Crippen LogP contribution in [0.2, 0.25) is 0 Å². The fourth-order valence-electron chi connectivity index (χ4n) is 8.90. The lowest BCUT2D eigenvalue weighted by atomic mass is 9.85. The molecule has 0 saturated heterocycles. The minimum atomic E-state index is 0.201. The maximum Gasteiger partial charge on any atom is 0.0560 e. The van der Waals surface area contributed by atoms with Crippen LogP contribution in [0.5, 0.6) is 0 Å². The molecule has 2 nitrogen and oxygen atoms in total. The monoisotopic (exact) mass is 796 g/mol. The van der Waals surface area contributed by atoms with E-state index in [4.69, 9.17) is 0 Å². The van der Waals surface area contributed by atoms with Gasteiger partial charge in [0.25, 0.3) is 0 Å². The zero-order chi connectivity index (χ0) is 41.5. The van der Waals surface area contributed by atoms with Crippen molar-refractivity contribution in [3.8, 4) is 22.3 Å². The van der Waals surface area contributed by atoms with E-state index < -0.39 is 0 Å². The van der Waals surface area contributed by atoms with Gasteiger partial charge in [-0.3, -0.25) is 0 Å². The molecule has 0 amide bonds. The molecule has 8 aromatic rings. The lowest BCUT2D eigenvalue weighted by Gasteiger charge is -2.33. The van der Waals surface area contributed by atoms with Gasteiger partial charge in [0.15, 0.2) is 0 Å². The van der Waals surface area contributed by atoms with Gasteiger partial charge < -0.3 is 9.80 Å². The van der Waals surface area contributed by atoms with Gasteiger partial charge >= 0.3 is 0 Å². The second-order valence-corrected chi connectivity index (χ2v) is 16.1. The number of benzene rings is 8. The molecule has 298 valence electrons. The highest BCUT2D eigenvalue weighted by Gasteiger charge is 2.22. The van der Waals surface area contributed by atoms with Crippen LogP contribution in [-0.4, -0.2) is 6.04 Å². The molecule has 0 aliphatic heterocycles. The van der Waals surface area contributed by atoms with Crippen LogP contribution in [-0.2, 0) is 0 Å². The number of anilines is 5. The molecule has 0 N–H and O–H groups in total. The summed E-state index contributed by atoms with van der Waals surface area (Å²) in [6.45, 7) is 0. The van der Waals surface area contributed by atoms with Crippen molar-refractivity contribution in [2.75, 3.05) is 9.80 Å². The van der Waals surface area contributed by atoms with Gasteiger partial charge in [0.2, 0.25) is 0 Å². The number of allylic oxidation sites excluding steroid dienone is 6. The standard InChI is InChI=1S/C60H48N2/c1-5-15-45(16-6-1)47-27-35-57(36-28-47)61(55-23-9-3-10-24-55)59-39-31-49(32-40-59)51-19-13-21-53(43-51)54-22-14-20-52(44-54)50-33-41-60(42-34-50)62(56-25-11-4-12-26-56)58-37-29-48(30-38-58)46-17-7-2-8-18-46/h1-21,23-39,41-44,54,59H,22,40H2. The van der Waals surface area contributed by atoms with Gasteiger partial charge in [0.1, 0.15) is 0 Å². The van der Waals surface area contributed by atoms with Crippen molar-refractivity contribution in [1.82, 2.24) is 0 Å². The van der Waals surface area contributed by atoms with Gasteiger partial charge in [-0.1, -0.05) is 194 Å². The van der Waals surface area contributed by atoms with E-state index in [2.05, 4.69) is 265 Å². The molecule has 2 atom stereocenters. The van der Waals surface area contributed by atoms with Crippen molar-refractivity contribution in [2.24, 2.45) is 0 Å². The molecule has 62 heavy (non-hydrogen) atoms. The molecule has 8 aromatic carbocycles. The summed E-state index contributed by atoms with van der Waals surface area (Å²) in [5, 5.41) is 0. The molecule has 2 unspecified atom stereocenters. The average molecular weight is 797 g/mol. The fourth-order valence-corrected chi connectivity index (χ4v) is 8.90. The molecule has 0 aromatic heterocycles. The molecular weight excluding hydrogens is 749 g/mol. The fraction of sp³-hybridized carbons (Fsp3) is 0.0667. The largest absolute Gasteiger partial charge is 0.334 e. The van der Waals surface area contributed by atoms with Crippen molar-refractivity contribution in [3.63, 3.8) is 0 Å². The van der Waals surface area contributed by atoms with E-state index in [0.29, 0.717) is 5.92 Å². The Morgan fingerprint density at radius 3 is 1.39 bits per heavy atom. The van der Waals surface area contributed by atoms with Crippen molar-refractivity contribution >= 4 is 39.6 Å². The van der Waals surface area contributed by atoms with Crippen LogP contribution in [0.3, 0.4) is 0 Å². The average Bonchev–Trinajstić information content (AvgIpc) is 3.36. The number of nitrogens with zero attached hydrogens (tertiary/aromatic N) is 2. The first kappa shape index (κ1) is 38.5. The van der Waals surface area contributed by atoms with Gasteiger partial charge in [-0.25, -0.2) is 0 Å². The summed E-state index contributed by atoms with van der Waals surface area (Å²) in [4.78, 5) is 4.79. The molecule has 2 aliphatic rings. The Hall–Kier alpha value is -7.68.